The lowest BCUT2D eigenvalue weighted by Gasteiger charge is -2.20. The van der Waals surface area contributed by atoms with Crippen molar-refractivity contribution in [1.29, 1.82) is 5.26 Å². The van der Waals surface area contributed by atoms with E-state index in [9.17, 15) is 10.1 Å². The fourth-order valence-corrected chi connectivity index (χ4v) is 3.40. The number of nitrogens with zero attached hydrogens (tertiary/aromatic N) is 1. The molecule has 0 N–H and O–H groups in total. The minimum atomic E-state index is -0.531. The molecule has 0 atom stereocenters. The van der Waals surface area contributed by atoms with Crippen LogP contribution in [0.25, 0.3) is 5.76 Å². The van der Waals surface area contributed by atoms with Crippen LogP contribution >= 0.6 is 11.8 Å². The maximum Gasteiger partial charge on any atom is 0.341 e. The summed E-state index contributed by atoms with van der Waals surface area (Å²) in [5.41, 5.74) is 2.17. The van der Waals surface area contributed by atoms with Crippen LogP contribution in [0.15, 0.2) is 47.4 Å². The van der Waals surface area contributed by atoms with Gasteiger partial charge in [-0.3, -0.25) is 0 Å². The van der Waals surface area contributed by atoms with E-state index in [1.165, 1.54) is 31.5 Å². The number of methoxy groups -OCH3 is 2. The van der Waals surface area contributed by atoms with Crippen LogP contribution in [0.2, 0.25) is 0 Å². The van der Waals surface area contributed by atoms with Crippen molar-refractivity contribution in [3.63, 3.8) is 0 Å². The largest absolute Gasteiger partial charge is 0.497 e. The number of thioether (sulfide) groups is 1. The molecule has 0 aliphatic rings. The van der Waals surface area contributed by atoms with Crippen LogP contribution in [-0.4, -0.2) is 25.9 Å². The fraction of sp³-hybridized carbons (Fsp3) is 0.333. The molecule has 2 aromatic rings. The summed E-state index contributed by atoms with van der Waals surface area (Å²) in [4.78, 5) is 12.7. The van der Waals surface area contributed by atoms with E-state index < -0.39 is 5.97 Å². The van der Waals surface area contributed by atoms with Crippen LogP contribution < -0.4 is 9.47 Å². The molecule has 0 bridgehead atoms. The standard InChI is InChI=1S/C24H27NO4S/c1-7-30-21(15-25)22(16-8-10-17(11-9-16)24(2,3)4)29-20-14-18(27-5)12-13-19(20)23(26)28-6/h8-14H,7H2,1-6H3/b22-21-. The lowest BCUT2D eigenvalue weighted by Crippen LogP contribution is -2.11. The summed E-state index contributed by atoms with van der Waals surface area (Å²) in [6.45, 7) is 8.39. The lowest BCUT2D eigenvalue weighted by atomic mass is 9.86. The Morgan fingerprint density at radius 3 is 2.27 bits per heavy atom. The van der Waals surface area contributed by atoms with Crippen LogP contribution in [0.1, 0.15) is 49.2 Å². The number of rotatable bonds is 7. The lowest BCUT2D eigenvalue weighted by molar-refractivity contribution is 0.0598. The van der Waals surface area contributed by atoms with Gasteiger partial charge in [-0.05, 0) is 28.9 Å². The monoisotopic (exact) mass is 425 g/mol. The number of carbonyl (C=O) groups is 1. The minimum Gasteiger partial charge on any atom is -0.497 e. The third-order valence-electron chi connectivity index (χ3n) is 4.42. The van der Waals surface area contributed by atoms with Gasteiger partial charge in [0.05, 0.1) is 14.2 Å². The van der Waals surface area contributed by atoms with E-state index in [0.29, 0.717) is 22.2 Å². The smallest absolute Gasteiger partial charge is 0.341 e. The highest BCUT2D eigenvalue weighted by atomic mass is 32.2. The molecule has 0 aliphatic heterocycles. The molecule has 2 rings (SSSR count). The van der Waals surface area contributed by atoms with Gasteiger partial charge in [0, 0.05) is 11.6 Å². The topological polar surface area (TPSA) is 68.5 Å². The number of benzene rings is 2. The van der Waals surface area contributed by atoms with Gasteiger partial charge in [0.1, 0.15) is 28.0 Å². The molecule has 0 heterocycles. The third kappa shape index (κ3) is 5.58. The second-order valence-corrected chi connectivity index (χ2v) is 8.76. The number of hydrogen-bond acceptors (Lipinski definition) is 6. The highest BCUT2D eigenvalue weighted by molar-refractivity contribution is 8.03. The maximum atomic E-state index is 12.2. The summed E-state index contributed by atoms with van der Waals surface area (Å²) in [5, 5.41) is 9.75. The van der Waals surface area contributed by atoms with Crippen LogP contribution in [0.4, 0.5) is 0 Å². The molecule has 0 amide bonds. The Morgan fingerprint density at radius 1 is 1.10 bits per heavy atom. The van der Waals surface area contributed by atoms with Crippen molar-refractivity contribution >= 4 is 23.5 Å². The Balaban J connectivity index is 2.61. The first-order valence-corrected chi connectivity index (χ1v) is 10.6. The van der Waals surface area contributed by atoms with Crippen LogP contribution in [0.5, 0.6) is 11.5 Å². The molecule has 2 aromatic carbocycles. The molecule has 0 fully saturated rings. The second-order valence-electron chi connectivity index (χ2n) is 7.49. The minimum absolute atomic E-state index is 0.00431. The Kier molecular flexibility index (Phi) is 7.96. The first-order chi connectivity index (χ1) is 14.2. The molecule has 6 heteroatoms. The quantitative estimate of drug-likeness (QED) is 0.317. The predicted octanol–water partition coefficient (Wildman–Crippen LogP) is 5.80. The highest BCUT2D eigenvalue weighted by Gasteiger charge is 2.20. The Hall–Kier alpha value is -2.91. The summed E-state index contributed by atoms with van der Waals surface area (Å²) in [6, 6.07) is 15.0. The van der Waals surface area contributed by atoms with Crippen molar-refractivity contribution in [3.8, 4) is 17.6 Å². The van der Waals surface area contributed by atoms with Gasteiger partial charge in [-0.25, -0.2) is 4.79 Å². The zero-order valence-corrected chi connectivity index (χ0v) is 19.1. The van der Waals surface area contributed by atoms with Gasteiger partial charge in [0.25, 0.3) is 0 Å². The predicted molar refractivity (Wildman–Crippen MR) is 121 cm³/mol. The molecule has 0 spiro atoms. The van der Waals surface area contributed by atoms with E-state index in [1.807, 2.05) is 31.2 Å². The van der Waals surface area contributed by atoms with Crippen molar-refractivity contribution < 1.29 is 19.0 Å². The molecule has 30 heavy (non-hydrogen) atoms. The average molecular weight is 426 g/mol. The van der Waals surface area contributed by atoms with Gasteiger partial charge in [-0.2, -0.15) is 5.26 Å². The van der Waals surface area contributed by atoms with Gasteiger partial charge in [0.2, 0.25) is 0 Å². The van der Waals surface area contributed by atoms with Gasteiger partial charge in [-0.1, -0.05) is 52.0 Å². The number of esters is 1. The van der Waals surface area contributed by atoms with Crippen LogP contribution in [0.3, 0.4) is 0 Å². The van der Waals surface area contributed by atoms with Crippen LogP contribution in [0, 0.1) is 11.3 Å². The molecule has 0 radical (unpaired) electrons. The second kappa shape index (κ2) is 10.2. The molecule has 0 aromatic heterocycles. The Bertz CT molecular complexity index is 966. The van der Waals surface area contributed by atoms with Crippen LogP contribution in [-0.2, 0) is 10.2 Å². The van der Waals surface area contributed by atoms with E-state index >= 15 is 0 Å². The maximum absolute atomic E-state index is 12.2. The summed E-state index contributed by atoms with van der Waals surface area (Å²) < 4.78 is 16.3. The first kappa shape index (κ1) is 23.4. The van der Waals surface area contributed by atoms with Crippen molar-refractivity contribution in [2.24, 2.45) is 0 Å². The highest BCUT2D eigenvalue weighted by Crippen LogP contribution is 2.34. The zero-order chi connectivity index (χ0) is 22.3. The molecular weight excluding hydrogens is 398 g/mol. The van der Waals surface area contributed by atoms with Gasteiger partial charge >= 0.3 is 5.97 Å². The van der Waals surface area contributed by atoms with Gasteiger partial charge in [-0.15, -0.1) is 11.8 Å². The number of nitriles is 1. The number of carbonyl (C=O) groups excluding carboxylic acids is 1. The van der Waals surface area contributed by atoms with E-state index in [-0.39, 0.29) is 16.7 Å². The first-order valence-electron chi connectivity index (χ1n) is 9.57. The van der Waals surface area contributed by atoms with E-state index in [2.05, 4.69) is 26.8 Å². The molecule has 158 valence electrons. The van der Waals surface area contributed by atoms with E-state index in [1.54, 1.807) is 18.2 Å². The zero-order valence-electron chi connectivity index (χ0n) is 18.2. The summed E-state index contributed by atoms with van der Waals surface area (Å²) in [7, 11) is 2.85. The molecule has 5 nitrogen and oxygen atoms in total. The van der Waals surface area contributed by atoms with E-state index in [0.717, 1.165) is 5.56 Å². The molecule has 0 saturated carbocycles. The molecular formula is C24H27NO4S. The summed E-state index contributed by atoms with van der Waals surface area (Å²) >= 11 is 1.38. The number of ether oxygens (including phenoxy) is 3. The normalized spacial score (nSPS) is 11.9. The molecule has 0 saturated heterocycles. The van der Waals surface area contributed by atoms with Crippen molar-refractivity contribution in [2.75, 3.05) is 20.0 Å². The fourth-order valence-electron chi connectivity index (χ4n) is 2.75. The van der Waals surface area contributed by atoms with Crippen molar-refractivity contribution in [2.45, 2.75) is 33.1 Å². The summed E-state index contributed by atoms with van der Waals surface area (Å²) in [6.07, 6.45) is 0. The average Bonchev–Trinajstić information content (AvgIpc) is 2.74. The van der Waals surface area contributed by atoms with Gasteiger partial charge < -0.3 is 14.2 Å². The van der Waals surface area contributed by atoms with Crippen molar-refractivity contribution in [1.82, 2.24) is 0 Å². The van der Waals surface area contributed by atoms with Crippen molar-refractivity contribution in [3.05, 3.63) is 64.1 Å². The molecule has 0 unspecified atom stereocenters. The number of allylic oxidation sites excluding steroid dienone is 1. The van der Waals surface area contributed by atoms with E-state index in [4.69, 9.17) is 14.2 Å². The third-order valence-corrected chi connectivity index (χ3v) is 5.27. The summed E-state index contributed by atoms with van der Waals surface area (Å²) in [5.74, 6) is 1.36. The SMILES string of the molecule is CCS/C(C#N)=C(\Oc1cc(OC)ccc1C(=O)OC)c1ccc(C(C)(C)C)cc1. The van der Waals surface area contributed by atoms with Gasteiger partial charge in [0.15, 0.2) is 5.76 Å². The Morgan fingerprint density at radius 2 is 1.77 bits per heavy atom. The Labute approximate surface area is 182 Å². The number of hydrogen-bond donors (Lipinski definition) is 0. The molecule has 0 aliphatic carbocycles.